The van der Waals surface area contributed by atoms with E-state index in [1.165, 1.54) is 31.4 Å². The minimum atomic E-state index is -4.67. The Morgan fingerprint density at radius 1 is 0.944 bits per heavy atom. The van der Waals surface area contributed by atoms with Gasteiger partial charge in [-0.1, -0.05) is 29.8 Å². The lowest BCUT2D eigenvalue weighted by molar-refractivity contribution is -0.137. The van der Waals surface area contributed by atoms with E-state index in [9.17, 15) is 22.8 Å². The van der Waals surface area contributed by atoms with E-state index in [0.717, 1.165) is 23.3 Å². The van der Waals surface area contributed by atoms with E-state index in [4.69, 9.17) is 4.74 Å². The maximum absolute atomic E-state index is 13.3. The van der Waals surface area contributed by atoms with E-state index in [0.29, 0.717) is 17.1 Å². The largest absolute Gasteiger partial charge is 0.417 e. The Labute approximate surface area is 206 Å². The van der Waals surface area contributed by atoms with Gasteiger partial charge in [0.15, 0.2) is 0 Å². The van der Waals surface area contributed by atoms with E-state index in [1.807, 2.05) is 32.0 Å². The van der Waals surface area contributed by atoms with Gasteiger partial charge in [-0.25, -0.2) is 0 Å². The predicted molar refractivity (Wildman–Crippen MR) is 132 cm³/mol. The molecule has 7 nitrogen and oxygen atoms in total. The lowest BCUT2D eigenvalue weighted by Crippen LogP contribution is -2.56. The number of fused-ring (bicyclic) bond motifs is 1. The molecule has 188 valence electrons. The molecule has 0 aliphatic carbocycles. The maximum atomic E-state index is 13.3. The van der Waals surface area contributed by atoms with Gasteiger partial charge in [0.25, 0.3) is 11.8 Å². The first-order valence-electron chi connectivity index (χ1n) is 11.1. The van der Waals surface area contributed by atoms with E-state index in [1.54, 1.807) is 6.07 Å². The zero-order chi connectivity index (χ0) is 26.1. The van der Waals surface area contributed by atoms with Gasteiger partial charge in [0.05, 0.1) is 29.1 Å². The van der Waals surface area contributed by atoms with Gasteiger partial charge in [-0.3, -0.25) is 9.59 Å². The van der Waals surface area contributed by atoms with E-state index in [-0.39, 0.29) is 12.3 Å². The minimum Gasteiger partial charge on any atom is -0.380 e. The summed E-state index contributed by atoms with van der Waals surface area (Å²) >= 11 is 0. The zero-order valence-corrected chi connectivity index (χ0v) is 19.8. The molecule has 0 aromatic heterocycles. The number of benzene rings is 3. The average Bonchev–Trinajstić information content (AvgIpc) is 3.19. The van der Waals surface area contributed by atoms with E-state index < -0.39 is 34.8 Å². The van der Waals surface area contributed by atoms with E-state index in [2.05, 4.69) is 21.3 Å². The van der Waals surface area contributed by atoms with Crippen molar-refractivity contribution in [3.8, 4) is 0 Å². The molecule has 1 aliphatic rings. The molecule has 1 aliphatic heterocycles. The Bertz CT molecular complexity index is 1330. The number of halogens is 3. The second-order valence-corrected chi connectivity index (χ2v) is 8.62. The first kappa shape index (κ1) is 25.1. The highest BCUT2D eigenvalue weighted by molar-refractivity contribution is 6.08. The second kappa shape index (κ2) is 9.54. The first-order valence-corrected chi connectivity index (χ1v) is 11.1. The van der Waals surface area contributed by atoms with Gasteiger partial charge >= 0.3 is 6.18 Å². The van der Waals surface area contributed by atoms with Crippen molar-refractivity contribution in [3.63, 3.8) is 0 Å². The fourth-order valence-electron chi connectivity index (χ4n) is 4.10. The third-order valence-electron chi connectivity index (χ3n) is 5.83. The first-order chi connectivity index (χ1) is 17.0. The number of anilines is 4. The molecule has 0 saturated carbocycles. The number of ether oxygens (including phenoxy) is 1. The van der Waals surface area contributed by atoms with Gasteiger partial charge in [-0.2, -0.15) is 13.2 Å². The van der Waals surface area contributed by atoms with Crippen molar-refractivity contribution in [2.45, 2.75) is 25.7 Å². The van der Waals surface area contributed by atoms with Gasteiger partial charge in [0, 0.05) is 18.5 Å². The molecule has 1 atom stereocenters. The van der Waals surface area contributed by atoms with Crippen LogP contribution in [0.25, 0.3) is 0 Å². The number of aryl methyl sites for hydroxylation is 2. The molecule has 1 heterocycles. The Balaban J connectivity index is 1.55. The van der Waals surface area contributed by atoms with Gasteiger partial charge in [-0.15, -0.1) is 0 Å². The Morgan fingerprint density at radius 2 is 1.67 bits per heavy atom. The maximum Gasteiger partial charge on any atom is 0.417 e. The van der Waals surface area contributed by atoms with Crippen molar-refractivity contribution in [1.29, 1.82) is 0 Å². The summed E-state index contributed by atoms with van der Waals surface area (Å²) in [7, 11) is 1.46. The third-order valence-corrected chi connectivity index (χ3v) is 5.83. The van der Waals surface area contributed by atoms with Crippen molar-refractivity contribution < 1.29 is 27.5 Å². The highest BCUT2D eigenvalue weighted by atomic mass is 19.4. The fraction of sp³-hybridized carbons (Fsp3) is 0.231. The van der Waals surface area contributed by atoms with Crippen LogP contribution in [-0.2, 0) is 15.7 Å². The third kappa shape index (κ3) is 4.99. The number of alkyl halides is 3. The molecule has 3 aromatic carbocycles. The summed E-state index contributed by atoms with van der Waals surface area (Å²) in [5.74, 6) is -1.29. The number of methoxy groups -OCH3 is 1. The molecule has 10 heteroatoms. The Kier molecular flexibility index (Phi) is 6.64. The van der Waals surface area contributed by atoms with Crippen LogP contribution in [-0.4, -0.2) is 31.2 Å². The molecule has 1 unspecified atom stereocenters. The van der Waals surface area contributed by atoms with Crippen LogP contribution in [0, 0.1) is 13.8 Å². The van der Waals surface area contributed by atoms with Crippen LogP contribution >= 0.6 is 0 Å². The number of hydrogen-bond donors (Lipinski definition) is 4. The van der Waals surface area contributed by atoms with Crippen LogP contribution in [0.3, 0.4) is 0 Å². The minimum absolute atomic E-state index is 0.0287. The number of carbonyl (C=O) groups excluding carboxylic acids is 2. The molecule has 4 rings (SSSR count). The van der Waals surface area contributed by atoms with Crippen LogP contribution in [0.5, 0.6) is 0 Å². The van der Waals surface area contributed by atoms with Crippen LogP contribution in [0.2, 0.25) is 0 Å². The molecule has 0 radical (unpaired) electrons. The van der Waals surface area contributed by atoms with Crippen molar-refractivity contribution in [1.82, 2.24) is 0 Å². The van der Waals surface area contributed by atoms with Gasteiger partial charge < -0.3 is 26.0 Å². The zero-order valence-electron chi connectivity index (χ0n) is 19.8. The highest BCUT2D eigenvalue weighted by Crippen LogP contribution is 2.38. The molecule has 36 heavy (non-hydrogen) atoms. The number of amides is 2. The number of rotatable bonds is 6. The summed E-state index contributed by atoms with van der Waals surface area (Å²) in [5, 5.41) is 11.7. The summed E-state index contributed by atoms with van der Waals surface area (Å²) in [6, 6.07) is 14.9. The van der Waals surface area contributed by atoms with Crippen molar-refractivity contribution in [2.75, 3.05) is 35.0 Å². The number of hydrogen-bond acceptors (Lipinski definition) is 5. The topological polar surface area (TPSA) is 91.5 Å². The van der Waals surface area contributed by atoms with Crippen LogP contribution in [0.1, 0.15) is 27.0 Å². The van der Waals surface area contributed by atoms with Crippen LogP contribution < -0.4 is 21.3 Å². The van der Waals surface area contributed by atoms with Crippen LogP contribution in [0.4, 0.5) is 35.9 Å². The summed E-state index contributed by atoms with van der Waals surface area (Å²) < 4.78 is 45.2. The van der Waals surface area contributed by atoms with Crippen molar-refractivity contribution in [3.05, 3.63) is 82.9 Å². The Hall–Kier alpha value is -4.05. The number of carbonyl (C=O) groups is 2. The van der Waals surface area contributed by atoms with Gasteiger partial charge in [0.2, 0.25) is 5.66 Å². The van der Waals surface area contributed by atoms with Gasteiger partial charge in [-0.05, 0) is 55.8 Å². The fourth-order valence-corrected chi connectivity index (χ4v) is 4.10. The van der Waals surface area contributed by atoms with Gasteiger partial charge in [0.1, 0.15) is 0 Å². The van der Waals surface area contributed by atoms with Crippen LogP contribution in [0.15, 0.2) is 60.7 Å². The Morgan fingerprint density at radius 3 is 2.36 bits per heavy atom. The monoisotopic (exact) mass is 498 g/mol. The molecule has 0 bridgehead atoms. The van der Waals surface area contributed by atoms with Crippen molar-refractivity contribution >= 4 is 34.6 Å². The summed E-state index contributed by atoms with van der Waals surface area (Å²) in [6.45, 7) is 3.82. The predicted octanol–water partition coefficient (Wildman–Crippen LogP) is 5.39. The average molecular weight is 499 g/mol. The number of nitrogens with one attached hydrogen (secondary N) is 4. The molecule has 0 fully saturated rings. The SMILES string of the molecule is COCC1(C(=O)Nc2ccc(C)cc2C)Nc2ccc(NC(=O)c3ccccc3C(F)(F)F)cc2N1. The molecule has 0 saturated heterocycles. The molecule has 3 aromatic rings. The normalized spacial score (nSPS) is 16.5. The highest BCUT2D eigenvalue weighted by Gasteiger charge is 2.44. The standard InChI is InChI=1S/C26H25F3N4O3/c1-15-8-10-20(16(2)12-15)31-24(35)25(14-36-3)32-21-11-9-17(13-22(21)33-25)30-23(34)18-6-4-5-7-19(18)26(27,28)29/h4-13,32-33H,14H2,1-3H3,(H,30,34)(H,31,35). The lowest BCUT2D eigenvalue weighted by Gasteiger charge is -2.29. The summed E-state index contributed by atoms with van der Waals surface area (Å²) in [4.78, 5) is 26.0. The molecular weight excluding hydrogens is 473 g/mol. The molecule has 0 spiro atoms. The second-order valence-electron chi connectivity index (χ2n) is 8.62. The molecule has 2 amide bonds. The summed E-state index contributed by atoms with van der Waals surface area (Å²) in [5.41, 5.74) is 1.06. The van der Waals surface area contributed by atoms with E-state index >= 15 is 0 Å². The van der Waals surface area contributed by atoms with Crippen molar-refractivity contribution in [2.24, 2.45) is 0 Å². The quantitative estimate of drug-likeness (QED) is 0.366. The molecular formula is C26H25F3N4O3. The summed E-state index contributed by atoms with van der Waals surface area (Å²) in [6.07, 6.45) is -4.67. The molecule has 4 N–H and O–H groups in total. The smallest absolute Gasteiger partial charge is 0.380 e. The lowest BCUT2D eigenvalue weighted by atomic mass is 10.1.